The second-order valence-corrected chi connectivity index (χ2v) is 6.32. The number of hydrogen-bond donors (Lipinski definition) is 0. The number of nitrogens with zero attached hydrogens (tertiary/aromatic N) is 1. The zero-order valence-electron chi connectivity index (χ0n) is 16.3. The van der Waals surface area contributed by atoms with Gasteiger partial charge in [0.2, 0.25) is 0 Å². The average Bonchev–Trinajstić information content (AvgIpc) is 2.77. The van der Waals surface area contributed by atoms with Gasteiger partial charge in [-0.05, 0) is 35.0 Å². The molecule has 0 aliphatic carbocycles. The number of methoxy groups -OCH3 is 3. The Kier molecular flexibility index (Phi) is 4.91. The molecule has 0 fully saturated rings. The maximum absolute atomic E-state index is 12.4. The zero-order chi connectivity index (χ0) is 20.4. The van der Waals surface area contributed by atoms with Crippen LogP contribution in [0.15, 0.2) is 60.8 Å². The molecule has 0 bridgehead atoms. The normalized spacial score (nSPS) is 10.7. The number of rotatable bonds is 5. The molecule has 0 saturated heterocycles. The number of benzene rings is 3. The van der Waals surface area contributed by atoms with Gasteiger partial charge in [-0.15, -0.1) is 0 Å². The first-order chi connectivity index (χ1) is 14.1. The second kappa shape index (κ2) is 7.67. The minimum Gasteiger partial charge on any atom is -0.493 e. The van der Waals surface area contributed by atoms with Crippen molar-refractivity contribution < 1.29 is 23.7 Å². The lowest BCUT2D eigenvalue weighted by molar-refractivity contribution is 0.0598. The third-order valence-corrected chi connectivity index (χ3v) is 4.68. The highest BCUT2D eigenvalue weighted by Gasteiger charge is 2.17. The Morgan fingerprint density at radius 1 is 0.793 bits per heavy atom. The first-order valence-corrected chi connectivity index (χ1v) is 8.94. The number of carbonyl (C=O) groups is 1. The van der Waals surface area contributed by atoms with E-state index in [2.05, 4.69) is 4.98 Å². The van der Waals surface area contributed by atoms with Crippen molar-refractivity contribution in [1.82, 2.24) is 4.98 Å². The van der Waals surface area contributed by atoms with Gasteiger partial charge in [0.05, 0.1) is 26.8 Å². The first-order valence-electron chi connectivity index (χ1n) is 8.94. The molecule has 0 spiro atoms. The fourth-order valence-corrected chi connectivity index (χ4v) is 3.23. The summed E-state index contributed by atoms with van der Waals surface area (Å²) in [5.41, 5.74) is 1.03. The van der Waals surface area contributed by atoms with Gasteiger partial charge < -0.3 is 18.9 Å². The summed E-state index contributed by atoms with van der Waals surface area (Å²) in [5, 5.41) is 2.60. The van der Waals surface area contributed by atoms with Gasteiger partial charge >= 0.3 is 5.97 Å². The monoisotopic (exact) mass is 389 g/mol. The number of ether oxygens (including phenoxy) is 4. The van der Waals surface area contributed by atoms with Crippen LogP contribution >= 0.6 is 0 Å². The molecule has 0 aliphatic rings. The third kappa shape index (κ3) is 3.40. The molecule has 0 unspecified atom stereocenters. The molecule has 4 aromatic rings. The predicted molar refractivity (Wildman–Crippen MR) is 110 cm³/mol. The standard InChI is InChI=1S/C23H19NO5/c1-26-21-12-16-18(13-22(21)27-2)24-9-8-19(16)29-20-11-15-7-5-4-6-14(15)10-17(20)23(25)28-3/h4-13H,1-3H3. The number of hydrogen-bond acceptors (Lipinski definition) is 6. The summed E-state index contributed by atoms with van der Waals surface area (Å²) in [6.07, 6.45) is 1.64. The molecular weight excluding hydrogens is 370 g/mol. The summed E-state index contributed by atoms with van der Waals surface area (Å²) in [7, 11) is 4.49. The Bertz CT molecular complexity index is 1220. The SMILES string of the molecule is COC(=O)c1cc2ccccc2cc1Oc1ccnc2cc(OC)c(OC)cc12. The Morgan fingerprint density at radius 2 is 1.48 bits per heavy atom. The summed E-state index contributed by atoms with van der Waals surface area (Å²) in [5.74, 6) is 1.60. The van der Waals surface area contributed by atoms with Crippen LogP contribution in [-0.2, 0) is 4.74 Å². The Hall–Kier alpha value is -3.80. The Labute approximate surface area is 167 Å². The summed E-state index contributed by atoms with van der Waals surface area (Å²) >= 11 is 0. The first kappa shape index (κ1) is 18.6. The van der Waals surface area contributed by atoms with Gasteiger partial charge in [-0.25, -0.2) is 4.79 Å². The molecule has 1 aromatic heterocycles. The molecule has 0 aliphatic heterocycles. The van der Waals surface area contributed by atoms with Crippen molar-refractivity contribution in [3.8, 4) is 23.0 Å². The molecular formula is C23H19NO5. The van der Waals surface area contributed by atoms with Crippen molar-refractivity contribution in [1.29, 1.82) is 0 Å². The summed E-state index contributed by atoms with van der Waals surface area (Å²) in [6, 6.07) is 16.7. The molecule has 0 radical (unpaired) electrons. The van der Waals surface area contributed by atoms with Crippen molar-refractivity contribution in [2.75, 3.05) is 21.3 Å². The van der Waals surface area contributed by atoms with Crippen LogP contribution in [0.1, 0.15) is 10.4 Å². The van der Waals surface area contributed by atoms with E-state index in [1.807, 2.05) is 30.3 Å². The molecule has 0 atom stereocenters. The van der Waals surface area contributed by atoms with E-state index in [1.165, 1.54) is 7.11 Å². The highest BCUT2D eigenvalue weighted by Crippen LogP contribution is 2.38. The summed E-state index contributed by atoms with van der Waals surface area (Å²) in [4.78, 5) is 16.7. The van der Waals surface area contributed by atoms with Crippen molar-refractivity contribution in [3.63, 3.8) is 0 Å². The number of pyridine rings is 1. The van der Waals surface area contributed by atoms with Crippen LogP contribution in [0.4, 0.5) is 0 Å². The van der Waals surface area contributed by atoms with E-state index in [0.717, 1.165) is 16.2 Å². The van der Waals surface area contributed by atoms with Crippen LogP contribution in [0, 0.1) is 0 Å². The highest BCUT2D eigenvalue weighted by atomic mass is 16.5. The van der Waals surface area contributed by atoms with Crippen molar-refractivity contribution in [2.24, 2.45) is 0 Å². The molecule has 6 nitrogen and oxygen atoms in total. The minimum absolute atomic E-state index is 0.344. The van der Waals surface area contributed by atoms with Crippen molar-refractivity contribution in [2.45, 2.75) is 0 Å². The minimum atomic E-state index is -0.469. The van der Waals surface area contributed by atoms with Crippen LogP contribution in [0.25, 0.3) is 21.7 Å². The summed E-state index contributed by atoms with van der Waals surface area (Å²) < 4.78 is 21.9. The fourth-order valence-electron chi connectivity index (χ4n) is 3.23. The molecule has 146 valence electrons. The molecule has 0 N–H and O–H groups in total. The van der Waals surface area contributed by atoms with Crippen LogP contribution < -0.4 is 14.2 Å². The lowest BCUT2D eigenvalue weighted by Crippen LogP contribution is -2.04. The second-order valence-electron chi connectivity index (χ2n) is 6.32. The average molecular weight is 389 g/mol. The van der Waals surface area contributed by atoms with E-state index in [0.29, 0.717) is 34.1 Å². The maximum Gasteiger partial charge on any atom is 0.341 e. The van der Waals surface area contributed by atoms with Gasteiger partial charge in [-0.1, -0.05) is 24.3 Å². The zero-order valence-corrected chi connectivity index (χ0v) is 16.3. The third-order valence-electron chi connectivity index (χ3n) is 4.68. The van der Waals surface area contributed by atoms with Crippen LogP contribution in [0.5, 0.6) is 23.0 Å². The van der Waals surface area contributed by atoms with Crippen LogP contribution in [-0.4, -0.2) is 32.3 Å². The molecule has 0 saturated carbocycles. The lowest BCUT2D eigenvalue weighted by Gasteiger charge is -2.14. The number of aromatic nitrogens is 1. The molecule has 4 rings (SSSR count). The Morgan fingerprint density at radius 3 is 2.17 bits per heavy atom. The lowest BCUT2D eigenvalue weighted by atomic mass is 10.1. The number of fused-ring (bicyclic) bond motifs is 2. The largest absolute Gasteiger partial charge is 0.493 e. The molecule has 6 heteroatoms. The van der Waals surface area contributed by atoms with E-state index in [-0.39, 0.29) is 0 Å². The topological polar surface area (TPSA) is 66.9 Å². The van der Waals surface area contributed by atoms with E-state index >= 15 is 0 Å². The van der Waals surface area contributed by atoms with E-state index in [4.69, 9.17) is 18.9 Å². The number of carbonyl (C=O) groups excluding carboxylic acids is 1. The van der Waals surface area contributed by atoms with Crippen LogP contribution in [0.3, 0.4) is 0 Å². The van der Waals surface area contributed by atoms with E-state index in [1.54, 1.807) is 44.7 Å². The molecule has 3 aromatic carbocycles. The summed E-state index contributed by atoms with van der Waals surface area (Å²) in [6.45, 7) is 0. The van der Waals surface area contributed by atoms with Gasteiger partial charge in [-0.3, -0.25) is 4.98 Å². The van der Waals surface area contributed by atoms with Gasteiger partial charge in [-0.2, -0.15) is 0 Å². The Balaban J connectivity index is 1.88. The van der Waals surface area contributed by atoms with Gasteiger partial charge in [0.15, 0.2) is 11.5 Å². The van der Waals surface area contributed by atoms with Crippen molar-refractivity contribution >= 4 is 27.6 Å². The molecule has 0 amide bonds. The molecule has 29 heavy (non-hydrogen) atoms. The molecule has 1 heterocycles. The van der Waals surface area contributed by atoms with Crippen LogP contribution in [0.2, 0.25) is 0 Å². The maximum atomic E-state index is 12.4. The smallest absolute Gasteiger partial charge is 0.341 e. The van der Waals surface area contributed by atoms with Crippen molar-refractivity contribution in [3.05, 3.63) is 66.4 Å². The van der Waals surface area contributed by atoms with Gasteiger partial charge in [0.25, 0.3) is 0 Å². The van der Waals surface area contributed by atoms with Gasteiger partial charge in [0.1, 0.15) is 17.1 Å². The fraction of sp³-hybridized carbons (Fsp3) is 0.130. The quantitative estimate of drug-likeness (QED) is 0.448. The van der Waals surface area contributed by atoms with E-state index < -0.39 is 5.97 Å². The number of esters is 1. The highest BCUT2D eigenvalue weighted by molar-refractivity contribution is 5.99. The van der Waals surface area contributed by atoms with E-state index in [9.17, 15) is 4.79 Å². The predicted octanol–water partition coefficient (Wildman–Crippen LogP) is 4.98. The van der Waals surface area contributed by atoms with Gasteiger partial charge in [0, 0.05) is 17.6 Å².